The molecule has 0 saturated carbocycles. The number of hydrogen-bond donors (Lipinski definition) is 0. The van der Waals surface area contributed by atoms with Crippen LogP contribution in [0.3, 0.4) is 0 Å². The fraction of sp³-hybridized carbons (Fsp3) is 0.652. The van der Waals surface area contributed by atoms with E-state index in [-0.39, 0.29) is 0 Å². The van der Waals surface area contributed by atoms with E-state index < -0.39 is 0 Å². The molecule has 0 spiro atoms. The maximum atomic E-state index is 3.66. The van der Waals surface area contributed by atoms with Gasteiger partial charge in [0, 0.05) is 0 Å². The molecule has 0 heteroatoms. The fourth-order valence-electron chi connectivity index (χ4n) is 2.66. The molecule has 0 aliphatic carbocycles. The van der Waals surface area contributed by atoms with E-state index >= 15 is 0 Å². The second-order valence-electron chi connectivity index (χ2n) is 6.40. The lowest BCUT2D eigenvalue weighted by Gasteiger charge is -2.01. The molecule has 0 unspecified atom stereocenters. The molecule has 0 rings (SSSR count). The Hall–Kier alpha value is -1.04. The van der Waals surface area contributed by atoms with Gasteiger partial charge >= 0.3 is 0 Å². The molecule has 0 aromatic rings. The molecule has 0 atom stereocenters. The van der Waals surface area contributed by atoms with Crippen LogP contribution in [0.15, 0.2) is 49.1 Å². The zero-order valence-corrected chi connectivity index (χ0v) is 15.6. The average Bonchev–Trinajstić information content (AvgIpc) is 2.57. The Labute approximate surface area is 146 Å². The summed E-state index contributed by atoms with van der Waals surface area (Å²) in [6, 6.07) is 0. The van der Waals surface area contributed by atoms with Gasteiger partial charge in [0.1, 0.15) is 0 Å². The number of unbranched alkanes of at least 4 members (excludes halogenated alkanes) is 11. The molecular formula is C23H40. The maximum Gasteiger partial charge on any atom is -0.0166 e. The van der Waals surface area contributed by atoms with E-state index in [4.69, 9.17) is 0 Å². The van der Waals surface area contributed by atoms with Crippen LogP contribution in [0, 0.1) is 0 Å². The first-order valence-electron chi connectivity index (χ1n) is 9.99. The predicted molar refractivity (Wildman–Crippen MR) is 108 cm³/mol. The molecule has 0 N–H and O–H groups in total. The first kappa shape index (κ1) is 22.0. The topological polar surface area (TPSA) is 0 Å². The third kappa shape index (κ3) is 21.0. The predicted octanol–water partition coefficient (Wildman–Crippen LogP) is 8.32. The minimum Gasteiger partial charge on any atom is -0.0991 e. The third-order valence-electron chi connectivity index (χ3n) is 4.12. The van der Waals surface area contributed by atoms with Gasteiger partial charge in [0.15, 0.2) is 0 Å². The van der Waals surface area contributed by atoms with E-state index in [1.807, 2.05) is 12.2 Å². The van der Waals surface area contributed by atoms with Gasteiger partial charge in [-0.2, -0.15) is 0 Å². The summed E-state index contributed by atoms with van der Waals surface area (Å²) in [4.78, 5) is 0. The summed E-state index contributed by atoms with van der Waals surface area (Å²) >= 11 is 0. The number of hydrogen-bond acceptors (Lipinski definition) is 0. The zero-order chi connectivity index (χ0) is 16.8. The molecular weight excluding hydrogens is 276 g/mol. The summed E-state index contributed by atoms with van der Waals surface area (Å²) in [6.07, 6.45) is 34.1. The summed E-state index contributed by atoms with van der Waals surface area (Å²) < 4.78 is 0. The first-order valence-corrected chi connectivity index (χ1v) is 9.99. The Balaban J connectivity index is 3.16. The molecule has 0 heterocycles. The van der Waals surface area contributed by atoms with Gasteiger partial charge in [0.25, 0.3) is 0 Å². The van der Waals surface area contributed by atoms with Crippen molar-refractivity contribution < 1.29 is 0 Å². The van der Waals surface area contributed by atoms with Crippen molar-refractivity contribution in [3.05, 3.63) is 49.1 Å². The van der Waals surface area contributed by atoms with Crippen molar-refractivity contribution in [2.75, 3.05) is 0 Å². The van der Waals surface area contributed by atoms with Crippen LogP contribution in [-0.4, -0.2) is 0 Å². The van der Waals surface area contributed by atoms with Crippen LogP contribution in [0.25, 0.3) is 0 Å². The van der Waals surface area contributed by atoms with Crippen LogP contribution in [-0.2, 0) is 0 Å². The molecule has 0 aliphatic heterocycles. The molecule has 0 bridgehead atoms. The van der Waals surface area contributed by atoms with Crippen molar-refractivity contribution in [3.8, 4) is 0 Å². The summed E-state index contributed by atoms with van der Waals surface area (Å²) in [6.45, 7) is 5.94. The van der Waals surface area contributed by atoms with Crippen LogP contribution >= 0.6 is 0 Å². The summed E-state index contributed by atoms with van der Waals surface area (Å²) in [7, 11) is 0. The Kier molecular flexibility index (Phi) is 20.0. The highest BCUT2D eigenvalue weighted by atomic mass is 14.0. The number of allylic oxidation sites excluding steroid dienone is 7. The molecule has 132 valence electrons. The third-order valence-corrected chi connectivity index (χ3v) is 4.12. The second-order valence-corrected chi connectivity index (χ2v) is 6.40. The Morgan fingerprint density at radius 3 is 1.61 bits per heavy atom. The van der Waals surface area contributed by atoms with Crippen molar-refractivity contribution in [2.24, 2.45) is 0 Å². The van der Waals surface area contributed by atoms with Gasteiger partial charge < -0.3 is 0 Å². The molecule has 0 amide bonds. The molecule has 0 saturated heterocycles. The maximum absolute atomic E-state index is 3.66. The smallest absolute Gasteiger partial charge is 0.0166 e. The quantitative estimate of drug-likeness (QED) is 0.144. The van der Waals surface area contributed by atoms with Crippen LogP contribution in [0.2, 0.25) is 0 Å². The summed E-state index contributed by atoms with van der Waals surface area (Å²) in [5.74, 6) is 0. The Morgan fingerprint density at radius 2 is 1.04 bits per heavy atom. The van der Waals surface area contributed by atoms with Gasteiger partial charge in [0.2, 0.25) is 0 Å². The normalized spacial score (nSPS) is 12.0. The van der Waals surface area contributed by atoms with Crippen molar-refractivity contribution in [3.63, 3.8) is 0 Å². The molecule has 0 nitrogen and oxygen atoms in total. The fourth-order valence-corrected chi connectivity index (χ4v) is 2.66. The van der Waals surface area contributed by atoms with Crippen LogP contribution in [0.4, 0.5) is 0 Å². The molecule has 0 radical (unpaired) electrons. The lowest BCUT2D eigenvalue weighted by Crippen LogP contribution is -1.81. The minimum atomic E-state index is 1.01. The summed E-state index contributed by atoms with van der Waals surface area (Å²) in [5.41, 5.74) is 0. The highest BCUT2D eigenvalue weighted by molar-refractivity contribution is 5.02. The standard InChI is InChI=1S/C23H40/c1-3-5-7-9-11-13-15-17-19-21-23-22-20-18-16-14-12-10-8-6-4-2/h3,5,7,11,13,17,19H,1,4,6,8-10,12,14-16,18,20-23H2,2H3/b7-5-,13-11-,19-17-. The van der Waals surface area contributed by atoms with Crippen molar-refractivity contribution in [2.45, 2.75) is 96.8 Å². The molecule has 0 aromatic carbocycles. The average molecular weight is 317 g/mol. The van der Waals surface area contributed by atoms with Gasteiger partial charge in [0.05, 0.1) is 0 Å². The lowest BCUT2D eigenvalue weighted by molar-refractivity contribution is 0.550. The monoisotopic (exact) mass is 316 g/mol. The SMILES string of the molecule is C=C/C=C\C/C=C\C/C=C\CCCCCCCCCCCCC. The summed E-state index contributed by atoms with van der Waals surface area (Å²) in [5, 5.41) is 0. The highest BCUT2D eigenvalue weighted by Crippen LogP contribution is 2.12. The van der Waals surface area contributed by atoms with Gasteiger partial charge in [-0.3, -0.25) is 0 Å². The Bertz CT molecular complexity index is 306. The van der Waals surface area contributed by atoms with Gasteiger partial charge in [-0.05, 0) is 25.7 Å². The second kappa shape index (κ2) is 21.0. The van der Waals surface area contributed by atoms with Crippen molar-refractivity contribution in [1.82, 2.24) is 0 Å². The number of rotatable bonds is 17. The van der Waals surface area contributed by atoms with Crippen LogP contribution in [0.1, 0.15) is 96.8 Å². The van der Waals surface area contributed by atoms with E-state index in [0.717, 1.165) is 12.8 Å². The largest absolute Gasteiger partial charge is 0.0991 e. The van der Waals surface area contributed by atoms with Gasteiger partial charge in [-0.1, -0.05) is 120 Å². The van der Waals surface area contributed by atoms with Crippen LogP contribution in [0.5, 0.6) is 0 Å². The van der Waals surface area contributed by atoms with E-state index in [0.29, 0.717) is 0 Å². The van der Waals surface area contributed by atoms with E-state index in [9.17, 15) is 0 Å². The lowest BCUT2D eigenvalue weighted by atomic mass is 10.1. The molecule has 0 aromatic heterocycles. The van der Waals surface area contributed by atoms with Crippen molar-refractivity contribution >= 4 is 0 Å². The minimum absolute atomic E-state index is 1.01. The highest BCUT2D eigenvalue weighted by Gasteiger charge is 1.92. The molecule has 23 heavy (non-hydrogen) atoms. The first-order chi connectivity index (χ1) is 11.4. The van der Waals surface area contributed by atoms with E-state index in [2.05, 4.69) is 43.9 Å². The van der Waals surface area contributed by atoms with E-state index in [1.54, 1.807) is 0 Å². The van der Waals surface area contributed by atoms with E-state index in [1.165, 1.54) is 77.0 Å². The molecule has 0 aliphatic rings. The van der Waals surface area contributed by atoms with Gasteiger partial charge in [-0.25, -0.2) is 0 Å². The van der Waals surface area contributed by atoms with Crippen molar-refractivity contribution in [1.29, 1.82) is 0 Å². The van der Waals surface area contributed by atoms with Gasteiger partial charge in [-0.15, -0.1) is 0 Å². The molecule has 0 fully saturated rings. The Morgan fingerprint density at radius 1 is 0.565 bits per heavy atom. The van der Waals surface area contributed by atoms with Crippen LogP contribution < -0.4 is 0 Å². The zero-order valence-electron chi connectivity index (χ0n) is 15.6.